The first-order valence-electron chi connectivity index (χ1n) is 12.4. The molecule has 0 spiro atoms. The van der Waals surface area contributed by atoms with Crippen LogP contribution in [0.1, 0.15) is 22.8 Å². The van der Waals surface area contributed by atoms with Crippen LogP contribution in [-0.2, 0) is 5.60 Å². The summed E-state index contributed by atoms with van der Waals surface area (Å²) in [7, 11) is 1.60. The van der Waals surface area contributed by atoms with Crippen LogP contribution < -0.4 is 15.0 Å². The Morgan fingerprint density at radius 3 is 2.11 bits per heavy atom. The Morgan fingerprint density at radius 1 is 1.00 bits per heavy atom. The van der Waals surface area contributed by atoms with Crippen LogP contribution >= 0.6 is 11.6 Å². The summed E-state index contributed by atoms with van der Waals surface area (Å²) in [5.41, 5.74) is 1.28. The Hall–Kier alpha value is -3.10. The number of aliphatic hydroxyl groups excluding tert-OH is 1. The summed E-state index contributed by atoms with van der Waals surface area (Å²) >= 11 is 6.44. The number of aliphatic hydroxyl groups is 2. The van der Waals surface area contributed by atoms with Crippen LogP contribution in [0.2, 0.25) is 5.02 Å². The molecule has 0 saturated carbocycles. The third kappa shape index (κ3) is 8.47. The molecule has 0 aromatic heterocycles. The van der Waals surface area contributed by atoms with Crippen molar-refractivity contribution in [1.82, 2.24) is 10.2 Å². The zero-order chi connectivity index (χ0) is 26.7. The maximum atomic E-state index is 11.7. The summed E-state index contributed by atoms with van der Waals surface area (Å²) in [6.45, 7) is 5.69. The third-order valence-corrected chi connectivity index (χ3v) is 6.49. The van der Waals surface area contributed by atoms with Crippen LogP contribution in [0.4, 0.5) is 5.69 Å². The molecule has 1 atom stereocenters. The zero-order valence-electron chi connectivity index (χ0n) is 21.4. The van der Waals surface area contributed by atoms with Crippen LogP contribution in [0, 0.1) is 0 Å². The highest BCUT2D eigenvalue weighted by Gasteiger charge is 2.29. The Balaban J connectivity index is 0.000000555. The molecule has 0 unspecified atom stereocenters. The highest BCUT2D eigenvalue weighted by Crippen LogP contribution is 2.31. The van der Waals surface area contributed by atoms with Crippen molar-refractivity contribution in [3.8, 4) is 5.75 Å². The molecule has 1 heterocycles. The number of carbonyl (C=O) groups is 1. The average molecular weight is 526 g/mol. The molecule has 3 aromatic carbocycles. The summed E-state index contributed by atoms with van der Waals surface area (Å²) in [4.78, 5) is 16.2. The van der Waals surface area contributed by atoms with Gasteiger partial charge in [-0.2, -0.15) is 0 Å². The lowest BCUT2D eigenvalue weighted by Crippen LogP contribution is -2.50. The van der Waals surface area contributed by atoms with E-state index < -0.39 is 5.60 Å². The summed E-state index contributed by atoms with van der Waals surface area (Å²) in [6, 6.07) is 24.6. The number of hydrogen-bond acceptors (Lipinski definition) is 6. The number of β-amino-alcohol motifs (C(OH)–C–C–N with tert-alkyl or cyclic N) is 1. The van der Waals surface area contributed by atoms with Crippen LogP contribution in [0.15, 0.2) is 78.9 Å². The lowest BCUT2D eigenvalue weighted by Gasteiger charge is -2.39. The normalized spacial score (nSPS) is 15.2. The second kappa shape index (κ2) is 14.0. The fourth-order valence-electron chi connectivity index (χ4n) is 4.18. The Labute approximate surface area is 224 Å². The van der Waals surface area contributed by atoms with E-state index in [9.17, 15) is 9.90 Å². The quantitative estimate of drug-likeness (QED) is 0.415. The van der Waals surface area contributed by atoms with E-state index in [1.807, 2.05) is 48.5 Å². The molecule has 3 N–H and O–H groups in total. The van der Waals surface area contributed by atoms with Gasteiger partial charge in [0.05, 0.1) is 22.9 Å². The third-order valence-electron chi connectivity index (χ3n) is 6.19. The van der Waals surface area contributed by atoms with Gasteiger partial charge < -0.3 is 25.2 Å². The number of piperazine rings is 1. The van der Waals surface area contributed by atoms with Crippen molar-refractivity contribution in [2.45, 2.75) is 12.5 Å². The largest absolute Gasteiger partial charge is 0.491 e. The van der Waals surface area contributed by atoms with Gasteiger partial charge in [-0.15, -0.1) is 0 Å². The van der Waals surface area contributed by atoms with Gasteiger partial charge in [0.2, 0.25) is 0 Å². The maximum Gasteiger partial charge on any atom is 0.251 e. The highest BCUT2D eigenvalue weighted by atomic mass is 35.5. The Kier molecular flexibility index (Phi) is 10.8. The fourth-order valence-corrected chi connectivity index (χ4v) is 4.47. The number of benzene rings is 3. The number of amides is 1. The van der Waals surface area contributed by atoms with Gasteiger partial charge in [0.15, 0.2) is 0 Å². The minimum Gasteiger partial charge on any atom is -0.491 e. The smallest absolute Gasteiger partial charge is 0.251 e. The number of rotatable bonds is 8. The van der Waals surface area contributed by atoms with E-state index in [4.69, 9.17) is 21.4 Å². The molecule has 8 heteroatoms. The molecule has 1 amide bonds. The monoisotopic (exact) mass is 525 g/mol. The fraction of sp³-hybridized carbons (Fsp3) is 0.345. The number of hydrogen-bond donors (Lipinski definition) is 3. The van der Waals surface area contributed by atoms with Crippen LogP contribution in [0.25, 0.3) is 0 Å². The van der Waals surface area contributed by atoms with Crippen molar-refractivity contribution in [2.75, 3.05) is 57.9 Å². The van der Waals surface area contributed by atoms with E-state index in [1.54, 1.807) is 44.3 Å². The van der Waals surface area contributed by atoms with E-state index in [0.717, 1.165) is 37.4 Å². The van der Waals surface area contributed by atoms with Crippen molar-refractivity contribution >= 4 is 23.2 Å². The molecule has 4 rings (SSSR count). The topological polar surface area (TPSA) is 85.3 Å². The molecular weight excluding hydrogens is 490 g/mol. The summed E-state index contributed by atoms with van der Waals surface area (Å²) in [5, 5.41) is 23.1. The van der Waals surface area contributed by atoms with Gasteiger partial charge in [-0.25, -0.2) is 0 Å². The van der Waals surface area contributed by atoms with Crippen LogP contribution in [0.3, 0.4) is 0 Å². The van der Waals surface area contributed by atoms with Gasteiger partial charge in [0.25, 0.3) is 5.91 Å². The van der Waals surface area contributed by atoms with Crippen LogP contribution in [0.5, 0.6) is 5.75 Å². The van der Waals surface area contributed by atoms with Gasteiger partial charge in [0, 0.05) is 51.4 Å². The van der Waals surface area contributed by atoms with Crippen molar-refractivity contribution in [2.24, 2.45) is 0 Å². The second-order valence-electron chi connectivity index (χ2n) is 9.03. The van der Waals surface area contributed by atoms with E-state index >= 15 is 0 Å². The first-order valence-corrected chi connectivity index (χ1v) is 12.8. The zero-order valence-corrected chi connectivity index (χ0v) is 22.2. The molecular formula is C29H36ClN3O4. The Bertz CT molecular complexity index is 1080. The summed E-state index contributed by atoms with van der Waals surface area (Å²) < 4.78 is 5.41. The molecule has 1 fully saturated rings. The van der Waals surface area contributed by atoms with Gasteiger partial charge in [-0.3, -0.25) is 9.69 Å². The first kappa shape index (κ1) is 28.5. The minimum absolute atomic E-state index is 0.0384. The highest BCUT2D eigenvalue weighted by molar-refractivity contribution is 6.33. The molecule has 0 aliphatic carbocycles. The number of halogens is 1. The number of carbonyl (C=O) groups excluding carboxylic acids is 1. The predicted molar refractivity (Wildman–Crippen MR) is 149 cm³/mol. The lowest BCUT2D eigenvalue weighted by molar-refractivity contribution is 0.0143. The molecule has 1 saturated heterocycles. The number of ether oxygens (including phenoxy) is 1. The number of nitrogens with zero attached hydrogens (tertiary/aromatic N) is 2. The van der Waals surface area contributed by atoms with Crippen molar-refractivity contribution < 1.29 is 19.7 Å². The standard InChI is InChI=1S/C23H30ClN3O4.C6H6/c1-23(30,18-5-3-17(4-6-18)22(29)25-2)16-26-9-11-27(12-10-26)21-8-7-19(15-20(21)24)31-14-13-28;1-2-4-6-5-3-1/h3-8,15,28,30H,9-14,16H2,1-2H3,(H,25,29);1-6H/t23-;/m1./s1. The summed E-state index contributed by atoms with van der Waals surface area (Å²) in [5.74, 6) is 0.494. The van der Waals surface area contributed by atoms with Gasteiger partial charge >= 0.3 is 0 Å². The number of anilines is 1. The maximum absolute atomic E-state index is 11.7. The molecule has 198 valence electrons. The van der Waals surface area contributed by atoms with Gasteiger partial charge in [-0.05, 0) is 36.8 Å². The molecule has 37 heavy (non-hydrogen) atoms. The molecule has 1 aliphatic heterocycles. The predicted octanol–water partition coefficient (Wildman–Crippen LogP) is 3.79. The van der Waals surface area contributed by atoms with E-state index in [1.165, 1.54) is 0 Å². The van der Waals surface area contributed by atoms with Crippen molar-refractivity contribution in [3.63, 3.8) is 0 Å². The van der Waals surface area contributed by atoms with Crippen molar-refractivity contribution in [3.05, 3.63) is 95.0 Å². The van der Waals surface area contributed by atoms with E-state index in [-0.39, 0.29) is 19.1 Å². The number of nitrogens with one attached hydrogen (secondary N) is 1. The first-order chi connectivity index (χ1) is 17.8. The lowest BCUT2D eigenvalue weighted by atomic mass is 9.94. The van der Waals surface area contributed by atoms with Crippen LogP contribution in [-0.4, -0.2) is 74.0 Å². The average Bonchev–Trinajstić information content (AvgIpc) is 2.93. The molecule has 7 nitrogen and oxygen atoms in total. The van der Waals surface area contributed by atoms with E-state index in [2.05, 4.69) is 15.1 Å². The Morgan fingerprint density at radius 2 is 1.59 bits per heavy atom. The molecule has 1 aliphatic rings. The van der Waals surface area contributed by atoms with Gasteiger partial charge in [0.1, 0.15) is 12.4 Å². The van der Waals surface area contributed by atoms with Gasteiger partial charge in [-0.1, -0.05) is 60.1 Å². The molecule has 3 aromatic rings. The minimum atomic E-state index is -1.02. The van der Waals surface area contributed by atoms with E-state index in [0.29, 0.717) is 22.9 Å². The van der Waals surface area contributed by atoms with Crippen molar-refractivity contribution in [1.29, 1.82) is 0 Å². The SMILES string of the molecule is CNC(=O)c1ccc([C@](C)(O)CN2CCN(c3ccc(OCCO)cc3Cl)CC2)cc1.c1ccccc1. The summed E-state index contributed by atoms with van der Waals surface area (Å²) in [6.07, 6.45) is 0. The molecule has 0 radical (unpaired) electrons. The molecule has 0 bridgehead atoms. The second-order valence-corrected chi connectivity index (χ2v) is 9.44.